The smallest absolute Gasteiger partial charge is 0.261 e. The predicted octanol–water partition coefficient (Wildman–Crippen LogP) is 5.77. The molecule has 0 spiro atoms. The number of halogens is 2. The summed E-state index contributed by atoms with van der Waals surface area (Å²) in [5.74, 6) is 2.29. The Bertz CT molecular complexity index is 1460. The van der Waals surface area contributed by atoms with E-state index in [1.54, 1.807) is 18.5 Å². The summed E-state index contributed by atoms with van der Waals surface area (Å²) < 4.78 is 47.4. The third-order valence-electron chi connectivity index (χ3n) is 5.42. The summed E-state index contributed by atoms with van der Waals surface area (Å²) >= 11 is 8.07. The number of sulfonamides is 1. The van der Waals surface area contributed by atoms with Gasteiger partial charge >= 0.3 is 0 Å². The van der Waals surface area contributed by atoms with Crippen molar-refractivity contribution in [2.24, 2.45) is 0 Å². The molecule has 6 nitrogen and oxygen atoms in total. The number of fused-ring (bicyclic) bond motifs is 1. The zero-order chi connectivity index (χ0) is 23.7. The minimum atomic E-state index is -3.98. The third-order valence-corrected chi connectivity index (χ3v) is 8.24. The Balaban J connectivity index is 1.48. The van der Waals surface area contributed by atoms with Crippen LogP contribution in [0.2, 0.25) is 5.15 Å². The molecule has 2 aromatic carbocycles. The molecule has 1 fully saturated rings. The minimum absolute atomic E-state index is 0.000326. The highest BCUT2D eigenvalue weighted by Crippen LogP contribution is 2.34. The fourth-order valence-electron chi connectivity index (χ4n) is 3.68. The lowest BCUT2D eigenvalue weighted by atomic mass is 10.0. The molecule has 174 valence electrons. The first-order chi connectivity index (χ1) is 16.4. The van der Waals surface area contributed by atoms with Crippen molar-refractivity contribution in [1.29, 1.82) is 0 Å². The summed E-state index contributed by atoms with van der Waals surface area (Å²) in [6, 6.07) is 13.7. The Kier molecular flexibility index (Phi) is 6.33. The van der Waals surface area contributed by atoms with Gasteiger partial charge in [0.15, 0.2) is 5.15 Å². The molecule has 1 unspecified atom stereocenters. The van der Waals surface area contributed by atoms with Crippen LogP contribution in [-0.2, 0) is 10.0 Å². The van der Waals surface area contributed by atoms with Crippen LogP contribution in [0.4, 0.5) is 10.1 Å². The van der Waals surface area contributed by atoms with Gasteiger partial charge in [-0.25, -0.2) is 17.8 Å². The molecule has 34 heavy (non-hydrogen) atoms. The summed E-state index contributed by atoms with van der Waals surface area (Å²) in [5.41, 5.74) is 2.38. The van der Waals surface area contributed by atoms with E-state index < -0.39 is 15.8 Å². The molecule has 1 N–H and O–H groups in total. The number of nitrogens with one attached hydrogen (secondary N) is 1. The number of hydrogen-bond donors (Lipinski definition) is 1. The van der Waals surface area contributed by atoms with E-state index in [1.807, 2.05) is 36.0 Å². The van der Waals surface area contributed by atoms with E-state index in [9.17, 15) is 12.8 Å². The lowest BCUT2D eigenvalue weighted by molar-refractivity contribution is 0.232. The van der Waals surface area contributed by atoms with Crippen molar-refractivity contribution in [3.05, 3.63) is 78.0 Å². The molecule has 10 heteroatoms. The normalized spacial score (nSPS) is 16.0. The molecule has 0 amide bonds. The molecular weight excluding hydrogens is 497 g/mol. The number of benzene rings is 2. The molecule has 2 aromatic heterocycles. The van der Waals surface area contributed by atoms with Gasteiger partial charge in [0.25, 0.3) is 10.0 Å². The highest BCUT2D eigenvalue weighted by molar-refractivity contribution is 7.99. The molecule has 3 heterocycles. The number of ether oxygens (including phenoxy) is 1. The summed E-state index contributed by atoms with van der Waals surface area (Å²) in [6.07, 6.45) is 4.48. The average molecular weight is 516 g/mol. The van der Waals surface area contributed by atoms with Gasteiger partial charge in [0, 0.05) is 29.1 Å². The quantitative estimate of drug-likeness (QED) is 0.328. The fourth-order valence-corrected chi connectivity index (χ4v) is 6.04. The number of anilines is 1. The Morgan fingerprint density at radius 2 is 1.88 bits per heavy atom. The maximum absolute atomic E-state index is 13.2. The van der Waals surface area contributed by atoms with Crippen LogP contribution in [-0.4, -0.2) is 36.0 Å². The number of aromatic nitrogens is 2. The average Bonchev–Trinajstić information content (AvgIpc) is 3.34. The number of rotatable bonds is 6. The molecule has 0 bridgehead atoms. The van der Waals surface area contributed by atoms with Crippen molar-refractivity contribution in [1.82, 2.24) is 9.97 Å². The Labute approximate surface area is 205 Å². The standard InChI is InChI=1S/C24H19ClFN3O3S2/c25-24-22(29-34(30,31)19-4-2-17(26)3-5-19)12-16(13-28-24)15-1-6-21-20(11-15)23(7-9-27-21)32-18-8-10-33-14-18/h1-7,9,11-13,18,29H,8,10,14H2. The van der Waals surface area contributed by atoms with Crippen LogP contribution in [0, 0.1) is 5.82 Å². The maximum Gasteiger partial charge on any atom is 0.261 e. The second-order valence-corrected chi connectivity index (χ2v) is 11.0. The van der Waals surface area contributed by atoms with Crippen molar-refractivity contribution >= 4 is 50.0 Å². The predicted molar refractivity (Wildman–Crippen MR) is 134 cm³/mol. The molecule has 5 rings (SSSR count). The highest BCUT2D eigenvalue weighted by atomic mass is 35.5. The number of hydrogen-bond acceptors (Lipinski definition) is 6. The second kappa shape index (κ2) is 9.40. The number of pyridine rings is 2. The van der Waals surface area contributed by atoms with Crippen LogP contribution in [0.1, 0.15) is 6.42 Å². The molecule has 0 saturated carbocycles. The largest absolute Gasteiger partial charge is 0.489 e. The van der Waals surface area contributed by atoms with Gasteiger partial charge < -0.3 is 4.74 Å². The van der Waals surface area contributed by atoms with Crippen LogP contribution < -0.4 is 9.46 Å². The molecule has 1 aliphatic heterocycles. The zero-order valence-corrected chi connectivity index (χ0v) is 20.1. The van der Waals surface area contributed by atoms with E-state index in [-0.39, 0.29) is 21.8 Å². The van der Waals surface area contributed by atoms with Gasteiger partial charge in [0.05, 0.1) is 16.1 Å². The van der Waals surface area contributed by atoms with Crippen LogP contribution in [0.5, 0.6) is 5.75 Å². The van der Waals surface area contributed by atoms with E-state index >= 15 is 0 Å². The lowest BCUT2D eigenvalue weighted by Gasteiger charge is -2.15. The monoisotopic (exact) mass is 515 g/mol. The summed E-state index contributed by atoms with van der Waals surface area (Å²) in [6.45, 7) is 0. The van der Waals surface area contributed by atoms with Crippen molar-refractivity contribution in [3.63, 3.8) is 0 Å². The van der Waals surface area contributed by atoms with Gasteiger partial charge in [-0.05, 0) is 66.3 Å². The Hall–Kier alpha value is -2.88. The summed E-state index contributed by atoms with van der Waals surface area (Å²) in [7, 11) is -3.98. The summed E-state index contributed by atoms with van der Waals surface area (Å²) in [5, 5.41) is 0.861. The molecule has 0 radical (unpaired) electrons. The first kappa shape index (κ1) is 22.9. The van der Waals surface area contributed by atoms with Gasteiger partial charge in [-0.15, -0.1) is 0 Å². The molecule has 4 aromatic rings. The van der Waals surface area contributed by atoms with Gasteiger partial charge in [-0.3, -0.25) is 9.71 Å². The van der Waals surface area contributed by atoms with Gasteiger partial charge in [-0.2, -0.15) is 11.8 Å². The third kappa shape index (κ3) is 4.82. The van der Waals surface area contributed by atoms with E-state index in [0.29, 0.717) is 5.56 Å². The minimum Gasteiger partial charge on any atom is -0.489 e. The van der Waals surface area contributed by atoms with Crippen LogP contribution in [0.25, 0.3) is 22.0 Å². The molecular formula is C24H19ClFN3O3S2. The SMILES string of the molecule is O=S(=O)(Nc1cc(-c2ccc3nccc(OC4CCSC4)c3c2)cnc1Cl)c1ccc(F)cc1. The number of thioether (sulfide) groups is 1. The molecule has 0 aliphatic carbocycles. The van der Waals surface area contributed by atoms with E-state index in [2.05, 4.69) is 14.7 Å². The summed E-state index contributed by atoms with van der Waals surface area (Å²) in [4.78, 5) is 8.51. The highest BCUT2D eigenvalue weighted by Gasteiger charge is 2.19. The topological polar surface area (TPSA) is 81.2 Å². The van der Waals surface area contributed by atoms with Crippen LogP contribution in [0.3, 0.4) is 0 Å². The van der Waals surface area contributed by atoms with E-state index in [4.69, 9.17) is 16.3 Å². The van der Waals surface area contributed by atoms with Gasteiger partial charge in [-0.1, -0.05) is 17.7 Å². The Morgan fingerprint density at radius 1 is 1.06 bits per heavy atom. The molecule has 1 saturated heterocycles. The molecule has 1 atom stereocenters. The van der Waals surface area contributed by atoms with Crippen molar-refractivity contribution in [2.45, 2.75) is 17.4 Å². The van der Waals surface area contributed by atoms with Crippen molar-refractivity contribution in [2.75, 3.05) is 16.2 Å². The lowest BCUT2D eigenvalue weighted by Crippen LogP contribution is -2.15. The van der Waals surface area contributed by atoms with Crippen LogP contribution in [0.15, 0.2) is 71.9 Å². The van der Waals surface area contributed by atoms with Crippen molar-refractivity contribution < 1.29 is 17.5 Å². The first-order valence-corrected chi connectivity index (χ1v) is 13.5. The Morgan fingerprint density at radius 3 is 2.65 bits per heavy atom. The fraction of sp³-hybridized carbons (Fsp3) is 0.167. The zero-order valence-electron chi connectivity index (χ0n) is 17.7. The number of nitrogens with zero attached hydrogens (tertiary/aromatic N) is 2. The maximum atomic E-state index is 13.2. The van der Waals surface area contributed by atoms with Crippen molar-refractivity contribution in [3.8, 4) is 16.9 Å². The second-order valence-electron chi connectivity index (χ2n) is 7.77. The molecule has 1 aliphatic rings. The van der Waals surface area contributed by atoms with Gasteiger partial charge in [0.1, 0.15) is 17.7 Å². The van der Waals surface area contributed by atoms with Crippen LogP contribution >= 0.6 is 23.4 Å². The van der Waals surface area contributed by atoms with E-state index in [1.165, 1.54) is 12.1 Å². The first-order valence-electron chi connectivity index (χ1n) is 10.5. The van der Waals surface area contributed by atoms with E-state index in [0.717, 1.165) is 52.3 Å². The van der Waals surface area contributed by atoms with Gasteiger partial charge in [0.2, 0.25) is 0 Å².